The molecule has 1 aliphatic heterocycles. The molecule has 21 heavy (non-hydrogen) atoms. The summed E-state index contributed by atoms with van der Waals surface area (Å²) in [5.74, 6) is 0.776. The molecular formula is C16H16N4O. The fourth-order valence-corrected chi connectivity index (χ4v) is 2.87. The van der Waals surface area contributed by atoms with Crippen LogP contribution in [0.4, 0.5) is 5.82 Å². The first-order chi connectivity index (χ1) is 10.3. The molecule has 3 heterocycles. The van der Waals surface area contributed by atoms with Crippen molar-refractivity contribution < 1.29 is 0 Å². The number of fused-ring (bicyclic) bond motifs is 3. The zero-order valence-electron chi connectivity index (χ0n) is 11.6. The predicted octanol–water partition coefficient (Wildman–Crippen LogP) is 1.26. The molecule has 0 aliphatic carbocycles. The number of aromatic nitrogens is 2. The van der Waals surface area contributed by atoms with Gasteiger partial charge in [-0.2, -0.15) is 0 Å². The number of hydrogen-bond donors (Lipinski definition) is 1. The van der Waals surface area contributed by atoms with E-state index in [1.807, 2.05) is 30.3 Å². The second kappa shape index (κ2) is 4.86. The summed E-state index contributed by atoms with van der Waals surface area (Å²) in [4.78, 5) is 19.3. The van der Waals surface area contributed by atoms with Crippen LogP contribution in [-0.4, -0.2) is 35.6 Å². The minimum atomic E-state index is -0.0284. The highest BCUT2D eigenvalue weighted by atomic mass is 16.1. The molecule has 5 nitrogen and oxygen atoms in total. The normalized spacial score (nSPS) is 15.7. The smallest absolute Gasteiger partial charge is 0.259 e. The van der Waals surface area contributed by atoms with Crippen molar-refractivity contribution in [3.63, 3.8) is 0 Å². The van der Waals surface area contributed by atoms with Crippen molar-refractivity contribution in [1.82, 2.24) is 14.7 Å². The third-order valence-electron chi connectivity index (χ3n) is 3.98. The highest BCUT2D eigenvalue weighted by molar-refractivity contribution is 5.93. The van der Waals surface area contributed by atoms with Gasteiger partial charge in [0, 0.05) is 43.8 Å². The van der Waals surface area contributed by atoms with Gasteiger partial charge in [0.05, 0.1) is 0 Å². The van der Waals surface area contributed by atoms with Gasteiger partial charge in [-0.25, -0.2) is 4.98 Å². The number of hydrogen-bond acceptors (Lipinski definition) is 4. The van der Waals surface area contributed by atoms with Gasteiger partial charge >= 0.3 is 0 Å². The van der Waals surface area contributed by atoms with Crippen LogP contribution >= 0.6 is 0 Å². The first-order valence-corrected chi connectivity index (χ1v) is 7.20. The molecule has 106 valence electrons. The lowest BCUT2D eigenvalue weighted by molar-refractivity contribution is 0.585. The zero-order valence-corrected chi connectivity index (χ0v) is 11.6. The van der Waals surface area contributed by atoms with Crippen LogP contribution in [0.2, 0.25) is 0 Å². The maximum Gasteiger partial charge on any atom is 0.259 e. The summed E-state index contributed by atoms with van der Waals surface area (Å²) in [7, 11) is 0. The maximum absolute atomic E-state index is 12.4. The van der Waals surface area contributed by atoms with Gasteiger partial charge in [0.1, 0.15) is 11.5 Å². The van der Waals surface area contributed by atoms with Crippen molar-refractivity contribution in [2.45, 2.75) is 0 Å². The molecule has 0 atom stereocenters. The van der Waals surface area contributed by atoms with Crippen molar-refractivity contribution in [2.75, 3.05) is 31.1 Å². The fourth-order valence-electron chi connectivity index (χ4n) is 2.87. The van der Waals surface area contributed by atoms with E-state index in [1.165, 1.54) is 0 Å². The van der Waals surface area contributed by atoms with Gasteiger partial charge in [-0.15, -0.1) is 0 Å². The summed E-state index contributed by atoms with van der Waals surface area (Å²) >= 11 is 0. The minimum Gasteiger partial charge on any atom is -0.354 e. The second-order valence-electron chi connectivity index (χ2n) is 5.29. The average molecular weight is 280 g/mol. The van der Waals surface area contributed by atoms with Crippen LogP contribution < -0.4 is 15.8 Å². The van der Waals surface area contributed by atoms with Crippen LogP contribution in [-0.2, 0) is 0 Å². The van der Waals surface area contributed by atoms with Crippen molar-refractivity contribution >= 4 is 22.2 Å². The summed E-state index contributed by atoms with van der Waals surface area (Å²) < 4.78 is 1.62. The lowest BCUT2D eigenvalue weighted by atomic mass is 10.1. The summed E-state index contributed by atoms with van der Waals surface area (Å²) in [5, 5.41) is 5.42. The lowest BCUT2D eigenvalue weighted by Gasteiger charge is -2.28. The molecule has 0 amide bonds. The van der Waals surface area contributed by atoms with E-state index in [4.69, 9.17) is 4.98 Å². The van der Waals surface area contributed by atoms with Crippen LogP contribution in [0.25, 0.3) is 16.4 Å². The number of anilines is 1. The molecular weight excluding hydrogens is 264 g/mol. The van der Waals surface area contributed by atoms with Crippen LogP contribution in [0.15, 0.2) is 47.4 Å². The number of nitrogens with one attached hydrogen (secondary N) is 1. The molecule has 0 spiro atoms. The van der Waals surface area contributed by atoms with E-state index in [9.17, 15) is 4.79 Å². The van der Waals surface area contributed by atoms with Crippen molar-refractivity contribution in [3.8, 4) is 0 Å². The first kappa shape index (κ1) is 12.3. The number of rotatable bonds is 1. The van der Waals surface area contributed by atoms with E-state index >= 15 is 0 Å². The van der Waals surface area contributed by atoms with Crippen molar-refractivity contribution in [3.05, 3.63) is 52.9 Å². The fraction of sp³-hybridized carbons (Fsp3) is 0.250. The van der Waals surface area contributed by atoms with E-state index in [-0.39, 0.29) is 5.56 Å². The highest BCUT2D eigenvalue weighted by Crippen LogP contribution is 2.19. The Hall–Kier alpha value is -2.40. The molecule has 3 aromatic rings. The van der Waals surface area contributed by atoms with E-state index < -0.39 is 0 Å². The molecule has 0 unspecified atom stereocenters. The quantitative estimate of drug-likeness (QED) is 0.682. The largest absolute Gasteiger partial charge is 0.354 e. The lowest BCUT2D eigenvalue weighted by Crippen LogP contribution is -2.44. The molecule has 4 rings (SSSR count). The molecule has 1 N–H and O–H groups in total. The van der Waals surface area contributed by atoms with Gasteiger partial charge in [-0.1, -0.05) is 24.3 Å². The first-order valence-electron chi connectivity index (χ1n) is 7.20. The van der Waals surface area contributed by atoms with Gasteiger partial charge in [0.25, 0.3) is 5.56 Å². The molecule has 1 aromatic carbocycles. The Morgan fingerprint density at radius 2 is 1.90 bits per heavy atom. The predicted molar refractivity (Wildman–Crippen MR) is 84.1 cm³/mol. The highest BCUT2D eigenvalue weighted by Gasteiger charge is 2.14. The van der Waals surface area contributed by atoms with Gasteiger partial charge in [-0.05, 0) is 11.5 Å². The van der Waals surface area contributed by atoms with E-state index in [0.29, 0.717) is 0 Å². The summed E-state index contributed by atoms with van der Waals surface area (Å²) in [5.41, 5.74) is 0.702. The van der Waals surface area contributed by atoms with Crippen LogP contribution in [0.5, 0.6) is 0 Å². The van der Waals surface area contributed by atoms with Crippen LogP contribution in [0.1, 0.15) is 0 Å². The van der Waals surface area contributed by atoms with Crippen molar-refractivity contribution in [2.24, 2.45) is 0 Å². The second-order valence-corrected chi connectivity index (χ2v) is 5.29. The monoisotopic (exact) mass is 280 g/mol. The topological polar surface area (TPSA) is 49.6 Å². The summed E-state index contributed by atoms with van der Waals surface area (Å²) in [6.07, 6.45) is 1.80. The number of nitrogens with zero attached hydrogens (tertiary/aromatic N) is 3. The molecule has 1 saturated heterocycles. The van der Waals surface area contributed by atoms with Crippen LogP contribution in [0.3, 0.4) is 0 Å². The third-order valence-corrected chi connectivity index (χ3v) is 3.98. The van der Waals surface area contributed by atoms with E-state index in [2.05, 4.69) is 10.2 Å². The molecule has 2 aromatic heterocycles. The molecule has 5 heteroatoms. The van der Waals surface area contributed by atoms with Gasteiger partial charge in [-0.3, -0.25) is 9.20 Å². The Morgan fingerprint density at radius 3 is 2.76 bits per heavy atom. The minimum absolute atomic E-state index is 0.0284. The number of benzene rings is 1. The molecule has 0 radical (unpaired) electrons. The van der Waals surface area contributed by atoms with Gasteiger partial charge in [0.2, 0.25) is 0 Å². The van der Waals surface area contributed by atoms with E-state index in [0.717, 1.165) is 48.4 Å². The molecule has 0 bridgehead atoms. The zero-order chi connectivity index (χ0) is 14.2. The Morgan fingerprint density at radius 1 is 1.10 bits per heavy atom. The maximum atomic E-state index is 12.4. The third kappa shape index (κ3) is 2.06. The number of pyridine rings is 1. The van der Waals surface area contributed by atoms with Gasteiger partial charge in [0.15, 0.2) is 0 Å². The molecule has 1 aliphatic rings. The Kier molecular flexibility index (Phi) is 2.86. The standard InChI is InChI=1S/C16H16N4O/c21-15-11-14(19-9-6-17-7-10-19)18-16-13-4-2-1-3-12(13)5-8-20(15)16/h1-5,8,11,17H,6-7,9-10H2. The Bertz CT molecular complexity index is 865. The Balaban J connectivity index is 1.98. The SMILES string of the molecule is O=c1cc(N2CCNCC2)nc2c3ccccc3ccn12. The average Bonchev–Trinajstić information content (AvgIpc) is 2.55. The van der Waals surface area contributed by atoms with Gasteiger partial charge < -0.3 is 10.2 Å². The Labute approximate surface area is 121 Å². The van der Waals surface area contributed by atoms with Crippen molar-refractivity contribution in [1.29, 1.82) is 0 Å². The number of piperazine rings is 1. The van der Waals surface area contributed by atoms with Crippen LogP contribution in [0, 0.1) is 0 Å². The molecule has 1 fully saturated rings. The van der Waals surface area contributed by atoms with E-state index in [1.54, 1.807) is 16.7 Å². The summed E-state index contributed by atoms with van der Waals surface area (Å²) in [6.45, 7) is 3.62. The summed E-state index contributed by atoms with van der Waals surface area (Å²) in [6, 6.07) is 11.6. The molecule has 0 saturated carbocycles.